The second kappa shape index (κ2) is 19.5. The smallest absolute Gasteiger partial charge is 0.251 e. The number of hydrogen-bond donors (Lipinski definition) is 2. The minimum Gasteiger partial charge on any atom is -0.616 e. The van der Waals surface area contributed by atoms with Gasteiger partial charge in [-0.15, -0.1) is 0 Å². The van der Waals surface area contributed by atoms with Crippen molar-refractivity contribution >= 4 is 32.7 Å². The van der Waals surface area contributed by atoms with Crippen LogP contribution in [0.15, 0.2) is 24.3 Å². The number of benzene rings is 1. The average molecular weight is 594 g/mol. The molecule has 1 aliphatic rings. The Morgan fingerprint density at radius 3 is 1.87 bits per heavy atom. The number of carbonyl (C=O) groups excluding carboxylic acids is 2. The van der Waals surface area contributed by atoms with Gasteiger partial charge in [0.15, 0.2) is 15.6 Å². The summed E-state index contributed by atoms with van der Waals surface area (Å²) in [5.41, 5.74) is 0.492. The van der Waals surface area contributed by atoms with Crippen LogP contribution in [0.3, 0.4) is 0 Å². The van der Waals surface area contributed by atoms with Crippen LogP contribution in [0.2, 0.25) is 0 Å². The van der Waals surface area contributed by atoms with Gasteiger partial charge in [-0.25, -0.2) is 8.42 Å². The number of ether oxygens (including phenoxy) is 5. The maximum atomic E-state index is 13.3. The fourth-order valence-corrected chi connectivity index (χ4v) is 6.27. The molecule has 14 heteroatoms. The minimum atomic E-state index is -3.71. The fourth-order valence-electron chi connectivity index (χ4n) is 3.51. The van der Waals surface area contributed by atoms with Crippen LogP contribution in [0.25, 0.3) is 0 Å². The Kier molecular flexibility index (Phi) is 16.8. The summed E-state index contributed by atoms with van der Waals surface area (Å²) in [5.74, 6) is -2.72. The molecule has 0 spiro atoms. The molecule has 1 fully saturated rings. The molecule has 1 amide bonds. The van der Waals surface area contributed by atoms with Gasteiger partial charge in [0.05, 0.1) is 90.1 Å². The molecule has 2 unspecified atom stereocenters. The van der Waals surface area contributed by atoms with Crippen molar-refractivity contribution < 1.29 is 51.4 Å². The van der Waals surface area contributed by atoms with E-state index in [0.29, 0.717) is 39.6 Å². The molecule has 1 aromatic rings. The van der Waals surface area contributed by atoms with Crippen molar-refractivity contribution in [3.05, 3.63) is 35.4 Å². The van der Waals surface area contributed by atoms with Crippen molar-refractivity contribution in [2.24, 2.45) is 5.92 Å². The van der Waals surface area contributed by atoms with Gasteiger partial charge in [0.1, 0.15) is 11.5 Å². The molecule has 1 aromatic carbocycles. The second-order valence-corrected chi connectivity index (χ2v) is 12.5. The molecule has 222 valence electrons. The molecule has 2 atom stereocenters. The van der Waals surface area contributed by atoms with Crippen molar-refractivity contribution in [3.8, 4) is 0 Å². The molecule has 0 saturated carbocycles. The Hall–Kier alpha value is -1.62. The van der Waals surface area contributed by atoms with Crippen molar-refractivity contribution in [2.45, 2.75) is 0 Å². The van der Waals surface area contributed by atoms with Crippen LogP contribution in [0.5, 0.6) is 0 Å². The van der Waals surface area contributed by atoms with Crippen LogP contribution >= 0.6 is 0 Å². The normalized spacial score (nSPS) is 23.5. The topological polar surface area (TPSA) is 170 Å². The Labute approximate surface area is 232 Å². The monoisotopic (exact) mass is 593 g/mol. The first kappa shape index (κ1) is 33.6. The number of Topliss-reactive ketones (excluding diaryl/α,β-unsaturated/α-hetero) is 1. The fraction of sp³-hybridized carbons (Fsp3) is 0.680. The van der Waals surface area contributed by atoms with E-state index in [-0.39, 0.29) is 68.0 Å². The van der Waals surface area contributed by atoms with E-state index in [0.717, 1.165) is 0 Å². The van der Waals surface area contributed by atoms with Crippen LogP contribution in [0, 0.1) is 5.92 Å². The van der Waals surface area contributed by atoms with Gasteiger partial charge < -0.3 is 38.7 Å². The molecular weight excluding hydrogens is 554 g/mol. The van der Waals surface area contributed by atoms with Crippen LogP contribution in [-0.2, 0) is 44.7 Å². The molecule has 2 N–H and O–H groups in total. The van der Waals surface area contributed by atoms with Crippen molar-refractivity contribution in [1.82, 2.24) is 5.32 Å². The van der Waals surface area contributed by atoms with Crippen molar-refractivity contribution in [2.75, 3.05) is 102 Å². The van der Waals surface area contributed by atoms with Gasteiger partial charge in [0, 0.05) is 17.7 Å². The molecule has 39 heavy (non-hydrogen) atoms. The summed E-state index contributed by atoms with van der Waals surface area (Å²) in [6.07, 6.45) is 0. The lowest BCUT2D eigenvalue weighted by molar-refractivity contribution is -0.00914. The lowest BCUT2D eigenvalue weighted by Crippen LogP contribution is -2.34. The molecule has 12 nitrogen and oxygen atoms in total. The minimum absolute atomic E-state index is 0.0605. The third kappa shape index (κ3) is 14.5. The van der Waals surface area contributed by atoms with E-state index in [1.165, 1.54) is 24.3 Å². The summed E-state index contributed by atoms with van der Waals surface area (Å²) in [6, 6.07) is 5.76. The number of hydrogen-bond acceptors (Lipinski definition) is 11. The highest BCUT2D eigenvalue weighted by Gasteiger charge is 2.31. The number of carbonyl (C=O) groups is 2. The first-order valence-corrected chi connectivity index (χ1v) is 16.1. The largest absolute Gasteiger partial charge is 0.616 e. The zero-order valence-electron chi connectivity index (χ0n) is 22.0. The summed E-state index contributed by atoms with van der Waals surface area (Å²) < 4.78 is 65.4. The van der Waals surface area contributed by atoms with E-state index in [2.05, 4.69) is 5.32 Å². The number of amides is 1. The average Bonchev–Trinajstić information content (AvgIpc) is 2.92. The van der Waals surface area contributed by atoms with Gasteiger partial charge in [-0.05, 0) is 12.1 Å². The Morgan fingerprint density at radius 1 is 0.846 bits per heavy atom. The Balaban J connectivity index is 2.05. The highest BCUT2D eigenvalue weighted by atomic mass is 32.2. The summed E-state index contributed by atoms with van der Waals surface area (Å²) in [4.78, 5) is 25.4. The van der Waals surface area contributed by atoms with Gasteiger partial charge in [0.2, 0.25) is 0 Å². The predicted octanol–water partition coefficient (Wildman–Crippen LogP) is -0.532. The molecule has 1 aliphatic heterocycles. The Bertz CT molecular complexity index is 944. The summed E-state index contributed by atoms with van der Waals surface area (Å²) >= 11 is -1.51. The van der Waals surface area contributed by atoms with Crippen LogP contribution in [-0.4, -0.2) is 132 Å². The number of nitrogens with one attached hydrogen (secondary N) is 1. The van der Waals surface area contributed by atoms with Crippen molar-refractivity contribution in [1.29, 1.82) is 0 Å². The van der Waals surface area contributed by atoms with Gasteiger partial charge in [-0.3, -0.25) is 9.59 Å². The maximum absolute atomic E-state index is 13.3. The van der Waals surface area contributed by atoms with E-state index in [4.69, 9.17) is 28.8 Å². The molecule has 0 aliphatic carbocycles. The first-order valence-electron chi connectivity index (χ1n) is 12.8. The second-order valence-electron chi connectivity index (χ2n) is 8.60. The molecule has 0 aromatic heterocycles. The predicted molar refractivity (Wildman–Crippen MR) is 144 cm³/mol. The summed E-state index contributed by atoms with van der Waals surface area (Å²) in [7, 11) is -3.71. The quantitative estimate of drug-likeness (QED) is 0.332. The van der Waals surface area contributed by atoms with E-state index >= 15 is 0 Å². The zero-order valence-corrected chi connectivity index (χ0v) is 23.7. The molecule has 0 bridgehead atoms. The number of sulfone groups is 1. The van der Waals surface area contributed by atoms with Gasteiger partial charge in [-0.2, -0.15) is 0 Å². The highest BCUT2D eigenvalue weighted by molar-refractivity contribution is 7.92. The zero-order chi connectivity index (χ0) is 28.3. The van der Waals surface area contributed by atoms with E-state index < -0.39 is 44.4 Å². The first-order chi connectivity index (χ1) is 18.8. The number of ketones is 1. The van der Waals surface area contributed by atoms with Crippen molar-refractivity contribution in [3.63, 3.8) is 0 Å². The van der Waals surface area contributed by atoms with Crippen LogP contribution in [0.1, 0.15) is 20.7 Å². The number of aliphatic hydroxyl groups is 1. The van der Waals surface area contributed by atoms with E-state index in [9.17, 15) is 22.6 Å². The molecule has 0 radical (unpaired) electrons. The number of rotatable bonds is 5. The van der Waals surface area contributed by atoms with Gasteiger partial charge >= 0.3 is 0 Å². The van der Waals surface area contributed by atoms with Crippen LogP contribution in [0.4, 0.5) is 0 Å². The van der Waals surface area contributed by atoms with E-state index in [1.54, 1.807) is 0 Å². The number of aliphatic hydroxyl groups excluding tert-OH is 1. The maximum Gasteiger partial charge on any atom is 0.251 e. The summed E-state index contributed by atoms with van der Waals surface area (Å²) in [5, 5.41) is 11.4. The SMILES string of the molecule is O=C(NCCO)c1ccc(C(=O)C2C[S+]([O-])CCOCCOCCOCCOCCOCCS(=O)(=O)C2)cc1. The lowest BCUT2D eigenvalue weighted by Gasteiger charge is -2.19. The van der Waals surface area contributed by atoms with Crippen LogP contribution < -0.4 is 5.32 Å². The third-order valence-corrected chi connectivity index (χ3v) is 8.62. The molecule has 1 saturated heterocycles. The Morgan fingerprint density at radius 2 is 1.33 bits per heavy atom. The highest BCUT2D eigenvalue weighted by Crippen LogP contribution is 2.17. The molecule has 2 rings (SSSR count). The molecule has 1 heterocycles. The van der Waals surface area contributed by atoms with Gasteiger partial charge in [0.25, 0.3) is 5.91 Å². The third-order valence-electron chi connectivity index (χ3n) is 5.52. The molecular formula is C25H39NO11S2. The van der Waals surface area contributed by atoms with E-state index in [1.807, 2.05) is 0 Å². The summed E-state index contributed by atoms with van der Waals surface area (Å²) in [6.45, 7) is 2.73. The lowest BCUT2D eigenvalue weighted by atomic mass is 9.99. The van der Waals surface area contributed by atoms with Gasteiger partial charge in [-0.1, -0.05) is 23.3 Å². The standard InChI is InChI=1S/C25H39NO11S2/c27-6-5-26-25(29)22-3-1-21(2-4-22)24(28)23-19-38(30)17-15-36-13-11-34-9-7-33-8-10-35-12-14-37-16-18-39(31,32)20-23/h1-4,23,27H,5-20H2,(H,26,29).